The molecule has 0 aromatic rings. The Morgan fingerprint density at radius 1 is 0.848 bits per heavy atom. The highest BCUT2D eigenvalue weighted by Gasteiger charge is 2.73. The van der Waals surface area contributed by atoms with E-state index in [1.807, 2.05) is 13.8 Å². The van der Waals surface area contributed by atoms with Gasteiger partial charge in [-0.1, -0.05) is 60.1 Å². The third-order valence-corrected chi connectivity index (χ3v) is 15.2. The lowest BCUT2D eigenvalue weighted by molar-refractivity contribution is -0.337. The number of aliphatic hydroxyl groups excluding tert-OH is 8. The molecule has 0 bridgehead atoms. The van der Waals surface area contributed by atoms with Crippen molar-refractivity contribution in [1.82, 2.24) is 0 Å². The van der Waals surface area contributed by atoms with Crippen molar-refractivity contribution in [3.63, 3.8) is 0 Å². The molecule has 5 aliphatic carbocycles. The fourth-order valence-corrected chi connectivity index (χ4v) is 12.9. The summed E-state index contributed by atoms with van der Waals surface area (Å²) >= 11 is 0. The standard InChI is InChI=1S/C36H60O10/c1-17(2)19-12-21(40)29-35(7)9-8-18-25(34(35,6)10-11-36(19,29)16-38)20(39)13-24-32(3,4)30(22(41)14-33(18,24)5)46-31-28(44)27(43)26(42)23(15-37)45-31/h8,17,19-31,37-44H,9-16H2,1-7H3/t19-,20-,21+,22+,23+,24-,25-,26+,27-,28+,29+,30-,31-,33+,34-,35+,36+/m0/s1. The number of allylic oxidation sites excluding steroid dienone is 1. The minimum absolute atomic E-state index is 0.0586. The molecule has 8 N–H and O–H groups in total. The quantitative estimate of drug-likeness (QED) is 0.161. The van der Waals surface area contributed by atoms with Gasteiger partial charge in [0.25, 0.3) is 0 Å². The zero-order valence-electron chi connectivity index (χ0n) is 28.7. The van der Waals surface area contributed by atoms with E-state index in [0.717, 1.165) is 19.3 Å². The summed E-state index contributed by atoms with van der Waals surface area (Å²) in [5, 5.41) is 87.7. The van der Waals surface area contributed by atoms with Gasteiger partial charge in [0.1, 0.15) is 24.4 Å². The molecule has 4 saturated carbocycles. The van der Waals surface area contributed by atoms with E-state index >= 15 is 0 Å². The molecule has 46 heavy (non-hydrogen) atoms. The third-order valence-electron chi connectivity index (χ3n) is 15.2. The average Bonchev–Trinajstić information content (AvgIpc) is 3.30. The second-order valence-electron chi connectivity index (χ2n) is 17.8. The first-order valence-electron chi connectivity index (χ1n) is 17.7. The number of hydrogen-bond donors (Lipinski definition) is 8. The van der Waals surface area contributed by atoms with Gasteiger partial charge in [0, 0.05) is 17.9 Å². The van der Waals surface area contributed by atoms with Crippen LogP contribution in [-0.2, 0) is 9.47 Å². The van der Waals surface area contributed by atoms with Crippen molar-refractivity contribution in [2.75, 3.05) is 13.2 Å². The SMILES string of the molecule is CC(C)[C@@H]1C[C@@H](O)[C@H]2[C@@]1(CO)CC[C@@]1(C)[C@H]3C(=CC[C@]21C)[C@@]1(C)C[C@@H](O)[C@H](O[C@@H]2O[C@H](CO)[C@@H](O)[C@H](O)[C@H]2O)C(C)(C)[C@@H]1C[C@@H]3O. The predicted molar refractivity (Wildman–Crippen MR) is 169 cm³/mol. The zero-order valence-corrected chi connectivity index (χ0v) is 28.7. The van der Waals surface area contributed by atoms with Crippen molar-refractivity contribution in [2.24, 2.45) is 56.7 Å². The summed E-state index contributed by atoms with van der Waals surface area (Å²) in [7, 11) is 0. The first-order chi connectivity index (χ1) is 21.4. The summed E-state index contributed by atoms with van der Waals surface area (Å²) < 4.78 is 11.9. The topological polar surface area (TPSA) is 180 Å². The number of aliphatic hydroxyl groups is 8. The summed E-state index contributed by atoms with van der Waals surface area (Å²) in [5.74, 6) is 0.221. The van der Waals surface area contributed by atoms with Crippen LogP contribution < -0.4 is 0 Å². The maximum Gasteiger partial charge on any atom is 0.187 e. The summed E-state index contributed by atoms with van der Waals surface area (Å²) in [4.78, 5) is 0. The number of fused-ring (bicyclic) bond motifs is 7. The maximum absolute atomic E-state index is 12.2. The maximum atomic E-state index is 12.2. The smallest absolute Gasteiger partial charge is 0.187 e. The van der Waals surface area contributed by atoms with Gasteiger partial charge in [-0.2, -0.15) is 0 Å². The Morgan fingerprint density at radius 2 is 1.52 bits per heavy atom. The molecule has 1 saturated heterocycles. The Morgan fingerprint density at radius 3 is 2.13 bits per heavy atom. The van der Waals surface area contributed by atoms with Gasteiger partial charge < -0.3 is 50.3 Å². The molecule has 1 heterocycles. The molecule has 0 amide bonds. The molecular formula is C36H60O10. The van der Waals surface area contributed by atoms with Crippen molar-refractivity contribution >= 4 is 0 Å². The highest BCUT2D eigenvalue weighted by Crippen LogP contribution is 2.76. The van der Waals surface area contributed by atoms with Crippen LogP contribution in [0.25, 0.3) is 0 Å². The van der Waals surface area contributed by atoms with Crippen LogP contribution in [0.4, 0.5) is 0 Å². The molecule has 17 atom stereocenters. The van der Waals surface area contributed by atoms with Crippen LogP contribution in [0.1, 0.15) is 87.0 Å². The van der Waals surface area contributed by atoms with Gasteiger partial charge >= 0.3 is 0 Å². The van der Waals surface area contributed by atoms with E-state index in [1.54, 1.807) is 0 Å². The summed E-state index contributed by atoms with van der Waals surface area (Å²) in [6.45, 7) is 14.7. The first-order valence-corrected chi connectivity index (χ1v) is 17.7. The lowest BCUT2D eigenvalue weighted by atomic mass is 9.35. The van der Waals surface area contributed by atoms with E-state index in [9.17, 15) is 40.9 Å². The Labute approximate surface area is 273 Å². The lowest BCUT2D eigenvalue weighted by Crippen LogP contribution is -2.68. The van der Waals surface area contributed by atoms with Crippen molar-refractivity contribution in [3.8, 4) is 0 Å². The molecular weight excluding hydrogens is 592 g/mol. The fraction of sp³-hybridized carbons (Fsp3) is 0.944. The van der Waals surface area contributed by atoms with Crippen molar-refractivity contribution in [2.45, 2.75) is 142 Å². The summed E-state index contributed by atoms with van der Waals surface area (Å²) in [6.07, 6.45) is -3.91. The molecule has 0 spiro atoms. The van der Waals surface area contributed by atoms with Gasteiger partial charge in [0.05, 0.1) is 31.0 Å². The Balaban J connectivity index is 1.34. The van der Waals surface area contributed by atoms with E-state index in [4.69, 9.17) is 9.47 Å². The normalized spacial score (nSPS) is 56.4. The van der Waals surface area contributed by atoms with Crippen LogP contribution in [0.3, 0.4) is 0 Å². The van der Waals surface area contributed by atoms with Crippen molar-refractivity contribution < 1.29 is 50.3 Å². The molecule has 10 nitrogen and oxygen atoms in total. The monoisotopic (exact) mass is 652 g/mol. The summed E-state index contributed by atoms with van der Waals surface area (Å²) in [5.41, 5.74) is -1.03. The lowest BCUT2D eigenvalue weighted by Gasteiger charge is -2.70. The van der Waals surface area contributed by atoms with Crippen molar-refractivity contribution in [3.05, 3.63) is 11.6 Å². The van der Waals surface area contributed by atoms with Gasteiger partial charge in [-0.25, -0.2) is 0 Å². The van der Waals surface area contributed by atoms with Crippen LogP contribution in [-0.4, -0.2) is 109 Å². The van der Waals surface area contributed by atoms with Crippen LogP contribution in [0.2, 0.25) is 0 Å². The van der Waals surface area contributed by atoms with Crippen LogP contribution in [0.5, 0.6) is 0 Å². The van der Waals surface area contributed by atoms with Gasteiger partial charge in [0.15, 0.2) is 6.29 Å². The van der Waals surface area contributed by atoms with Gasteiger partial charge in [0.2, 0.25) is 0 Å². The van der Waals surface area contributed by atoms with Gasteiger partial charge in [-0.15, -0.1) is 0 Å². The average molecular weight is 653 g/mol. The number of hydrogen-bond acceptors (Lipinski definition) is 10. The minimum Gasteiger partial charge on any atom is -0.396 e. The number of rotatable bonds is 5. The molecule has 5 fully saturated rings. The zero-order chi connectivity index (χ0) is 33.9. The molecule has 10 heteroatoms. The first kappa shape index (κ1) is 35.2. The van der Waals surface area contributed by atoms with E-state index in [-0.39, 0.29) is 46.5 Å². The van der Waals surface area contributed by atoms with Gasteiger partial charge in [-0.3, -0.25) is 0 Å². The fourth-order valence-electron chi connectivity index (χ4n) is 12.9. The highest BCUT2D eigenvalue weighted by molar-refractivity contribution is 5.35. The Kier molecular flexibility index (Phi) is 8.74. The molecule has 1 aliphatic heterocycles. The largest absolute Gasteiger partial charge is 0.396 e. The second kappa shape index (κ2) is 11.4. The number of ether oxygens (including phenoxy) is 2. The van der Waals surface area contributed by atoms with Crippen LogP contribution >= 0.6 is 0 Å². The van der Waals surface area contributed by atoms with Gasteiger partial charge in [-0.05, 0) is 83.9 Å². The molecule has 264 valence electrons. The van der Waals surface area contributed by atoms with E-state index < -0.39 is 72.6 Å². The molecule has 0 unspecified atom stereocenters. The van der Waals surface area contributed by atoms with E-state index in [1.165, 1.54) is 5.57 Å². The van der Waals surface area contributed by atoms with E-state index in [2.05, 4.69) is 40.7 Å². The Bertz CT molecular complexity index is 1190. The Hall–Kier alpha value is -0.660. The van der Waals surface area contributed by atoms with Crippen LogP contribution in [0, 0.1) is 56.7 Å². The molecule has 0 aromatic heterocycles. The predicted octanol–water partition coefficient (Wildman–Crippen LogP) is 1.73. The molecule has 0 aromatic carbocycles. The minimum atomic E-state index is -1.58. The molecule has 6 rings (SSSR count). The summed E-state index contributed by atoms with van der Waals surface area (Å²) in [6, 6.07) is 0. The van der Waals surface area contributed by atoms with E-state index in [0.29, 0.717) is 25.2 Å². The second-order valence-corrected chi connectivity index (χ2v) is 17.8. The third kappa shape index (κ3) is 4.50. The van der Waals surface area contributed by atoms with Crippen molar-refractivity contribution in [1.29, 1.82) is 0 Å². The molecule has 0 radical (unpaired) electrons. The van der Waals surface area contributed by atoms with Crippen LogP contribution in [0.15, 0.2) is 11.6 Å². The highest BCUT2D eigenvalue weighted by atomic mass is 16.7. The molecule has 6 aliphatic rings.